The van der Waals surface area contributed by atoms with E-state index < -0.39 is 24.3 Å². The van der Waals surface area contributed by atoms with E-state index >= 15 is 0 Å². The van der Waals surface area contributed by atoms with Crippen LogP contribution in [0.5, 0.6) is 0 Å². The Morgan fingerprint density at radius 2 is 2.36 bits per heavy atom. The van der Waals surface area contributed by atoms with Gasteiger partial charge in [-0.15, -0.1) is 0 Å². The highest BCUT2D eigenvalue weighted by Gasteiger charge is 2.42. The van der Waals surface area contributed by atoms with Gasteiger partial charge in [-0.3, -0.25) is 4.79 Å². The first-order valence-corrected chi connectivity index (χ1v) is 4.50. The Labute approximate surface area is 81.3 Å². The molecule has 0 aromatic rings. The minimum Gasteiger partial charge on any atom is -0.336 e. The van der Waals surface area contributed by atoms with Gasteiger partial charge in [-0.1, -0.05) is 6.92 Å². The Balaban J connectivity index is 2.60. The van der Waals surface area contributed by atoms with Crippen molar-refractivity contribution >= 4 is 5.91 Å². The molecular weight excluding hydrogens is 190 g/mol. The van der Waals surface area contributed by atoms with Gasteiger partial charge in [0.15, 0.2) is 0 Å². The molecule has 0 aromatic carbocycles. The van der Waals surface area contributed by atoms with Crippen molar-refractivity contribution in [2.75, 3.05) is 13.1 Å². The van der Waals surface area contributed by atoms with E-state index in [-0.39, 0.29) is 6.42 Å². The Hall–Kier alpha value is -1.18. The summed E-state index contributed by atoms with van der Waals surface area (Å²) in [5.74, 6) is -4.00. The molecular formula is C9H12F2N2O. The molecule has 1 aliphatic rings. The zero-order valence-electron chi connectivity index (χ0n) is 7.96. The van der Waals surface area contributed by atoms with E-state index in [1.807, 2.05) is 0 Å². The molecule has 0 aliphatic carbocycles. The molecule has 1 saturated heterocycles. The number of likely N-dealkylation sites (tertiary alicyclic amines) is 1. The molecule has 0 radical (unpaired) electrons. The van der Waals surface area contributed by atoms with E-state index in [1.54, 1.807) is 6.07 Å². The van der Waals surface area contributed by atoms with Gasteiger partial charge in [0.25, 0.3) is 5.92 Å². The highest BCUT2D eigenvalue weighted by atomic mass is 19.3. The molecule has 0 aromatic heterocycles. The van der Waals surface area contributed by atoms with E-state index in [0.717, 1.165) is 4.90 Å². The number of carbonyl (C=O) groups is 1. The van der Waals surface area contributed by atoms with Crippen molar-refractivity contribution < 1.29 is 13.6 Å². The van der Waals surface area contributed by atoms with Crippen LogP contribution in [0, 0.1) is 17.2 Å². The van der Waals surface area contributed by atoms with Crippen LogP contribution in [0.3, 0.4) is 0 Å². The van der Waals surface area contributed by atoms with Gasteiger partial charge in [0, 0.05) is 12.5 Å². The van der Waals surface area contributed by atoms with Gasteiger partial charge in [-0.2, -0.15) is 5.26 Å². The number of nitriles is 1. The predicted octanol–water partition coefficient (Wildman–Crippen LogP) is 1.40. The lowest BCUT2D eigenvalue weighted by atomic mass is 9.95. The van der Waals surface area contributed by atoms with Crippen molar-refractivity contribution in [3.05, 3.63) is 0 Å². The average Bonchev–Trinajstić information content (AvgIpc) is 2.10. The molecule has 0 unspecified atom stereocenters. The maximum atomic E-state index is 13.2. The number of alkyl halides is 2. The van der Waals surface area contributed by atoms with Crippen molar-refractivity contribution in [3.8, 4) is 6.07 Å². The largest absolute Gasteiger partial charge is 0.336 e. The van der Waals surface area contributed by atoms with Gasteiger partial charge in [0.1, 0.15) is 6.42 Å². The lowest BCUT2D eigenvalue weighted by molar-refractivity contribution is -0.147. The standard InChI is InChI=1S/C9H12F2N2O/c1-7-3-5-13(6-9(7,10)11)8(14)2-4-12/h7H,2-3,5-6H2,1H3/t7-/m1/s1. The zero-order valence-corrected chi connectivity index (χ0v) is 7.96. The van der Waals surface area contributed by atoms with Crippen molar-refractivity contribution in [2.45, 2.75) is 25.7 Å². The lowest BCUT2D eigenvalue weighted by Gasteiger charge is -2.36. The van der Waals surface area contributed by atoms with Crippen LogP contribution < -0.4 is 0 Å². The fourth-order valence-corrected chi connectivity index (χ4v) is 1.44. The number of amides is 1. The fourth-order valence-electron chi connectivity index (χ4n) is 1.44. The van der Waals surface area contributed by atoms with E-state index in [2.05, 4.69) is 0 Å². The summed E-state index contributed by atoms with van der Waals surface area (Å²) >= 11 is 0. The SMILES string of the molecule is C[C@@H]1CCN(C(=O)CC#N)CC1(F)F. The summed E-state index contributed by atoms with van der Waals surface area (Å²) in [5.41, 5.74) is 0. The molecule has 1 fully saturated rings. The van der Waals surface area contributed by atoms with E-state index in [9.17, 15) is 13.6 Å². The Bertz CT molecular complexity index is 272. The van der Waals surface area contributed by atoms with Gasteiger partial charge in [0.2, 0.25) is 5.91 Å². The number of carbonyl (C=O) groups excluding carboxylic acids is 1. The summed E-state index contributed by atoms with van der Waals surface area (Å²) in [7, 11) is 0. The Morgan fingerprint density at radius 3 is 2.86 bits per heavy atom. The van der Waals surface area contributed by atoms with Crippen molar-refractivity contribution in [1.82, 2.24) is 4.90 Å². The van der Waals surface area contributed by atoms with Crippen LogP contribution in [0.25, 0.3) is 0 Å². The highest BCUT2D eigenvalue weighted by Crippen LogP contribution is 2.32. The van der Waals surface area contributed by atoms with Crippen LogP contribution >= 0.6 is 0 Å². The van der Waals surface area contributed by atoms with E-state index in [4.69, 9.17) is 5.26 Å². The number of hydrogen-bond donors (Lipinski definition) is 0. The predicted molar refractivity (Wildman–Crippen MR) is 45.5 cm³/mol. The first-order chi connectivity index (χ1) is 6.47. The van der Waals surface area contributed by atoms with Crippen LogP contribution in [0.1, 0.15) is 19.8 Å². The van der Waals surface area contributed by atoms with Gasteiger partial charge in [-0.25, -0.2) is 8.78 Å². The van der Waals surface area contributed by atoms with Gasteiger partial charge >= 0.3 is 0 Å². The number of piperidine rings is 1. The van der Waals surface area contributed by atoms with Crippen molar-refractivity contribution in [1.29, 1.82) is 5.26 Å². The first-order valence-electron chi connectivity index (χ1n) is 4.50. The molecule has 5 heteroatoms. The second kappa shape index (κ2) is 3.91. The number of halogens is 2. The summed E-state index contributed by atoms with van der Waals surface area (Å²) in [6.07, 6.45) is -0.0192. The minimum absolute atomic E-state index is 0.296. The molecule has 3 nitrogen and oxygen atoms in total. The van der Waals surface area contributed by atoms with Crippen LogP contribution in [-0.2, 0) is 4.79 Å². The molecule has 0 saturated carbocycles. The molecule has 1 aliphatic heterocycles. The summed E-state index contributed by atoms with van der Waals surface area (Å²) in [5, 5.41) is 8.26. The third kappa shape index (κ3) is 2.19. The fraction of sp³-hybridized carbons (Fsp3) is 0.778. The topological polar surface area (TPSA) is 44.1 Å². The number of nitrogens with zero attached hydrogens (tertiary/aromatic N) is 2. The molecule has 1 heterocycles. The van der Waals surface area contributed by atoms with Gasteiger partial charge in [0.05, 0.1) is 12.6 Å². The second-order valence-corrected chi connectivity index (χ2v) is 3.60. The number of hydrogen-bond acceptors (Lipinski definition) is 2. The quantitative estimate of drug-likeness (QED) is 0.645. The van der Waals surface area contributed by atoms with Crippen LogP contribution in [-0.4, -0.2) is 29.8 Å². The number of rotatable bonds is 1. The van der Waals surface area contributed by atoms with Gasteiger partial charge < -0.3 is 4.90 Å². The van der Waals surface area contributed by atoms with Crippen LogP contribution in [0.4, 0.5) is 8.78 Å². The average molecular weight is 202 g/mol. The Morgan fingerprint density at radius 1 is 1.71 bits per heavy atom. The molecule has 0 N–H and O–H groups in total. The third-order valence-corrected chi connectivity index (χ3v) is 2.54. The molecule has 0 spiro atoms. The normalized spacial score (nSPS) is 25.6. The highest BCUT2D eigenvalue weighted by molar-refractivity contribution is 5.78. The summed E-state index contributed by atoms with van der Waals surface area (Å²) in [6, 6.07) is 1.67. The molecule has 1 atom stereocenters. The maximum absolute atomic E-state index is 13.2. The molecule has 1 amide bonds. The maximum Gasteiger partial charge on any atom is 0.267 e. The monoisotopic (exact) mass is 202 g/mol. The lowest BCUT2D eigenvalue weighted by Crippen LogP contribution is -2.49. The van der Waals surface area contributed by atoms with E-state index in [1.165, 1.54) is 6.92 Å². The van der Waals surface area contributed by atoms with Crippen molar-refractivity contribution in [3.63, 3.8) is 0 Å². The minimum atomic E-state index is -2.82. The summed E-state index contributed by atoms with van der Waals surface area (Å²) in [6.45, 7) is 1.26. The molecule has 0 bridgehead atoms. The van der Waals surface area contributed by atoms with Gasteiger partial charge in [-0.05, 0) is 6.42 Å². The molecule has 1 rings (SSSR count). The molecule has 78 valence electrons. The Kier molecular flexibility index (Phi) is 3.04. The summed E-state index contributed by atoms with van der Waals surface area (Å²) < 4.78 is 26.3. The van der Waals surface area contributed by atoms with Crippen LogP contribution in [0.15, 0.2) is 0 Å². The molecule has 14 heavy (non-hydrogen) atoms. The van der Waals surface area contributed by atoms with Crippen molar-refractivity contribution in [2.24, 2.45) is 5.92 Å². The van der Waals surface area contributed by atoms with E-state index in [0.29, 0.717) is 13.0 Å². The smallest absolute Gasteiger partial charge is 0.267 e. The second-order valence-electron chi connectivity index (χ2n) is 3.60. The zero-order chi connectivity index (χ0) is 10.8. The summed E-state index contributed by atoms with van der Waals surface area (Å²) in [4.78, 5) is 12.2. The third-order valence-electron chi connectivity index (χ3n) is 2.54. The van der Waals surface area contributed by atoms with Crippen LogP contribution in [0.2, 0.25) is 0 Å². The first kappa shape index (κ1) is 10.9.